The van der Waals surface area contributed by atoms with E-state index < -0.39 is 0 Å². The lowest BCUT2D eigenvalue weighted by Gasteiger charge is -2.16. The Morgan fingerprint density at radius 2 is 1.59 bits per heavy atom. The molecule has 0 amide bonds. The molecule has 0 aliphatic carbocycles. The number of rotatable bonds is 4. The Morgan fingerprint density at radius 3 is 2.06 bits per heavy atom. The summed E-state index contributed by atoms with van der Waals surface area (Å²) in [5.41, 5.74) is 0. The van der Waals surface area contributed by atoms with Crippen LogP contribution in [0.25, 0.3) is 0 Å². The maximum Gasteiger partial charge on any atom is 0.169 e. The van der Waals surface area contributed by atoms with E-state index in [1.165, 1.54) is 0 Å². The van der Waals surface area contributed by atoms with Gasteiger partial charge >= 0.3 is 0 Å². The normalized spacial score (nSPS) is 14.8. The van der Waals surface area contributed by atoms with Crippen LogP contribution in [-0.4, -0.2) is 0 Å². The van der Waals surface area contributed by atoms with Gasteiger partial charge in [0.05, 0.1) is 12.1 Å². The molecule has 92 valence electrons. The number of furan rings is 2. The van der Waals surface area contributed by atoms with Crippen molar-refractivity contribution in [2.75, 3.05) is 0 Å². The second kappa shape index (κ2) is 5.10. The third-order valence-corrected chi connectivity index (χ3v) is 3.13. The van der Waals surface area contributed by atoms with Crippen LogP contribution in [0.2, 0.25) is 0 Å². The molecule has 0 aliphatic rings. The molecule has 2 unspecified atom stereocenters. The molecular formula is C13H16BrNO2. The van der Waals surface area contributed by atoms with Crippen LogP contribution < -0.4 is 5.32 Å². The molecule has 0 spiro atoms. The van der Waals surface area contributed by atoms with Crippen molar-refractivity contribution in [1.82, 2.24) is 5.32 Å². The van der Waals surface area contributed by atoms with E-state index in [2.05, 4.69) is 35.1 Å². The predicted molar refractivity (Wildman–Crippen MR) is 69.8 cm³/mol. The first-order chi connectivity index (χ1) is 8.06. The second-order valence-corrected chi connectivity index (χ2v) is 4.98. The fraction of sp³-hybridized carbons (Fsp3) is 0.385. The number of halogens is 1. The summed E-state index contributed by atoms with van der Waals surface area (Å²) in [5.74, 6) is 2.79. The van der Waals surface area contributed by atoms with Gasteiger partial charge in [0.25, 0.3) is 0 Å². The molecule has 3 nitrogen and oxygen atoms in total. The number of hydrogen-bond acceptors (Lipinski definition) is 3. The highest BCUT2D eigenvalue weighted by Crippen LogP contribution is 2.24. The molecule has 2 rings (SSSR count). The van der Waals surface area contributed by atoms with Gasteiger partial charge in [-0.2, -0.15) is 0 Å². The SMILES string of the molecule is Cc1ccc(C(C)NC(C)c2ccc(Br)o2)o1. The molecule has 1 N–H and O–H groups in total. The maximum atomic E-state index is 5.58. The van der Waals surface area contributed by atoms with Crippen molar-refractivity contribution in [2.24, 2.45) is 0 Å². The molecule has 0 saturated carbocycles. The van der Waals surface area contributed by atoms with Crippen molar-refractivity contribution in [3.05, 3.63) is 46.2 Å². The highest BCUT2D eigenvalue weighted by Gasteiger charge is 2.15. The quantitative estimate of drug-likeness (QED) is 0.911. The molecule has 0 aliphatic heterocycles. The van der Waals surface area contributed by atoms with E-state index in [1.54, 1.807) is 0 Å². The van der Waals surface area contributed by atoms with Gasteiger partial charge in [0.15, 0.2) is 4.67 Å². The number of hydrogen-bond donors (Lipinski definition) is 1. The summed E-state index contributed by atoms with van der Waals surface area (Å²) in [6.07, 6.45) is 0. The summed E-state index contributed by atoms with van der Waals surface area (Å²) in [4.78, 5) is 0. The van der Waals surface area contributed by atoms with Gasteiger partial charge in [-0.05, 0) is 61.0 Å². The van der Waals surface area contributed by atoms with Crippen LogP contribution in [0.5, 0.6) is 0 Å². The molecular weight excluding hydrogens is 282 g/mol. The second-order valence-electron chi connectivity index (χ2n) is 4.20. The molecule has 2 atom stereocenters. The van der Waals surface area contributed by atoms with Gasteiger partial charge < -0.3 is 8.83 Å². The monoisotopic (exact) mass is 297 g/mol. The van der Waals surface area contributed by atoms with Crippen LogP contribution >= 0.6 is 15.9 Å². The molecule has 17 heavy (non-hydrogen) atoms. The Labute approximate surface area is 109 Å². The van der Waals surface area contributed by atoms with E-state index in [0.29, 0.717) is 0 Å². The van der Waals surface area contributed by atoms with Crippen LogP contribution in [0.3, 0.4) is 0 Å². The Balaban J connectivity index is 2.01. The molecule has 2 aromatic rings. The molecule has 2 aromatic heterocycles. The summed E-state index contributed by atoms with van der Waals surface area (Å²) >= 11 is 3.30. The van der Waals surface area contributed by atoms with Crippen molar-refractivity contribution in [3.8, 4) is 0 Å². The van der Waals surface area contributed by atoms with Crippen LogP contribution in [0, 0.1) is 6.92 Å². The largest absolute Gasteiger partial charge is 0.465 e. The molecule has 4 heteroatoms. The lowest BCUT2D eigenvalue weighted by Crippen LogP contribution is -2.21. The zero-order valence-electron chi connectivity index (χ0n) is 10.2. The summed E-state index contributed by atoms with van der Waals surface area (Å²) < 4.78 is 11.8. The minimum absolute atomic E-state index is 0.140. The van der Waals surface area contributed by atoms with Crippen LogP contribution in [-0.2, 0) is 0 Å². The smallest absolute Gasteiger partial charge is 0.169 e. The molecule has 0 saturated heterocycles. The fourth-order valence-electron chi connectivity index (χ4n) is 1.79. The Hall–Kier alpha value is -1.00. The standard InChI is InChI=1S/C13H16BrNO2/c1-8-4-5-11(16-8)9(2)15-10(3)12-6-7-13(14)17-12/h4-7,9-10,15H,1-3H3. The Bertz CT molecular complexity index is 445. The minimum Gasteiger partial charge on any atom is -0.465 e. The third kappa shape index (κ3) is 3.01. The first-order valence-electron chi connectivity index (χ1n) is 5.64. The summed E-state index contributed by atoms with van der Waals surface area (Å²) in [7, 11) is 0. The summed E-state index contributed by atoms with van der Waals surface area (Å²) in [6, 6.07) is 8.13. The van der Waals surface area contributed by atoms with Crippen molar-refractivity contribution >= 4 is 15.9 Å². The average molecular weight is 298 g/mol. The van der Waals surface area contributed by atoms with E-state index in [9.17, 15) is 0 Å². The molecule has 0 bridgehead atoms. The van der Waals surface area contributed by atoms with Crippen molar-refractivity contribution in [1.29, 1.82) is 0 Å². The number of aryl methyl sites for hydroxylation is 1. The molecule has 0 fully saturated rings. The van der Waals surface area contributed by atoms with E-state index in [0.717, 1.165) is 22.0 Å². The Morgan fingerprint density at radius 1 is 1.00 bits per heavy atom. The molecule has 2 heterocycles. The van der Waals surface area contributed by atoms with E-state index >= 15 is 0 Å². The minimum atomic E-state index is 0.140. The zero-order valence-corrected chi connectivity index (χ0v) is 11.7. The third-order valence-electron chi connectivity index (χ3n) is 2.71. The van der Waals surface area contributed by atoms with Gasteiger partial charge in [0.2, 0.25) is 0 Å². The van der Waals surface area contributed by atoms with Gasteiger partial charge in [-0.1, -0.05) is 0 Å². The van der Waals surface area contributed by atoms with Gasteiger partial charge in [-0.15, -0.1) is 0 Å². The van der Waals surface area contributed by atoms with Crippen molar-refractivity contribution in [2.45, 2.75) is 32.9 Å². The highest BCUT2D eigenvalue weighted by atomic mass is 79.9. The Kier molecular flexibility index (Phi) is 3.74. The lowest BCUT2D eigenvalue weighted by atomic mass is 10.2. The molecule has 0 aromatic carbocycles. The number of nitrogens with one attached hydrogen (secondary N) is 1. The van der Waals surface area contributed by atoms with Crippen LogP contribution in [0.1, 0.15) is 43.2 Å². The lowest BCUT2D eigenvalue weighted by molar-refractivity contribution is 0.357. The fourth-order valence-corrected chi connectivity index (χ4v) is 2.11. The van der Waals surface area contributed by atoms with E-state index in [1.807, 2.05) is 31.2 Å². The van der Waals surface area contributed by atoms with Gasteiger partial charge in [0.1, 0.15) is 17.3 Å². The van der Waals surface area contributed by atoms with Gasteiger partial charge in [0, 0.05) is 0 Å². The summed E-state index contributed by atoms with van der Waals surface area (Å²) in [6.45, 7) is 6.09. The first kappa shape index (κ1) is 12.5. The topological polar surface area (TPSA) is 38.3 Å². The van der Waals surface area contributed by atoms with E-state index in [-0.39, 0.29) is 12.1 Å². The summed E-state index contributed by atoms with van der Waals surface area (Å²) in [5, 5.41) is 3.43. The van der Waals surface area contributed by atoms with Crippen molar-refractivity contribution in [3.63, 3.8) is 0 Å². The average Bonchev–Trinajstić information content (AvgIpc) is 2.87. The molecule has 0 radical (unpaired) electrons. The van der Waals surface area contributed by atoms with E-state index in [4.69, 9.17) is 8.83 Å². The predicted octanol–water partition coefficient (Wildman–Crippen LogP) is 4.36. The zero-order chi connectivity index (χ0) is 12.4. The van der Waals surface area contributed by atoms with Gasteiger partial charge in [-0.25, -0.2) is 0 Å². The van der Waals surface area contributed by atoms with Crippen LogP contribution in [0.15, 0.2) is 37.8 Å². The van der Waals surface area contributed by atoms with Gasteiger partial charge in [-0.3, -0.25) is 5.32 Å². The first-order valence-corrected chi connectivity index (χ1v) is 6.43. The maximum absolute atomic E-state index is 5.58. The van der Waals surface area contributed by atoms with Crippen LogP contribution in [0.4, 0.5) is 0 Å². The van der Waals surface area contributed by atoms with Crippen molar-refractivity contribution < 1.29 is 8.83 Å². The highest BCUT2D eigenvalue weighted by molar-refractivity contribution is 9.10.